The minimum Gasteiger partial charge on any atom is -0.282 e. The van der Waals surface area contributed by atoms with Gasteiger partial charge >= 0.3 is 0 Å². The summed E-state index contributed by atoms with van der Waals surface area (Å²) in [6.45, 7) is -0.614. The van der Waals surface area contributed by atoms with Gasteiger partial charge in [-0.2, -0.15) is 0 Å². The summed E-state index contributed by atoms with van der Waals surface area (Å²) in [5.74, 6) is 0.584. The number of thioether (sulfide) groups is 1. The Hall–Kier alpha value is -0.900. The van der Waals surface area contributed by atoms with Crippen LogP contribution in [0.4, 0.5) is 8.78 Å². The monoisotopic (exact) mass is 258 g/mol. The van der Waals surface area contributed by atoms with Crippen LogP contribution >= 0.6 is 11.8 Å². The summed E-state index contributed by atoms with van der Waals surface area (Å²) < 4.78 is 24.7. The smallest absolute Gasteiger partial charge is 0.219 e. The van der Waals surface area contributed by atoms with Gasteiger partial charge in [-0.05, 0) is 12.8 Å². The van der Waals surface area contributed by atoms with E-state index in [-0.39, 0.29) is 11.5 Å². The second kappa shape index (κ2) is 8.23. The lowest BCUT2D eigenvalue weighted by Gasteiger charge is -2.04. The molecule has 0 aliphatic rings. The van der Waals surface area contributed by atoms with Gasteiger partial charge in [-0.25, -0.2) is 4.39 Å². The summed E-state index contributed by atoms with van der Waals surface area (Å²) in [5.41, 5.74) is 0.665. The Balaban J connectivity index is 2.17. The predicted octanol–water partition coefficient (Wildman–Crippen LogP) is 4.04. The van der Waals surface area contributed by atoms with Crippen molar-refractivity contribution in [2.75, 3.05) is 12.4 Å². The number of carbonyl (C=O) groups is 1. The molecule has 1 unspecified atom stereocenters. The lowest BCUT2D eigenvalue weighted by Crippen LogP contribution is -2.02. The second-order valence-electron chi connectivity index (χ2n) is 3.72. The van der Waals surface area contributed by atoms with Crippen LogP contribution < -0.4 is 0 Å². The third kappa shape index (κ3) is 5.82. The lowest BCUT2D eigenvalue weighted by molar-refractivity contribution is 0.108. The molecule has 0 spiro atoms. The first kappa shape index (κ1) is 14.2. The number of carbonyl (C=O) groups excluding carboxylic acids is 1. The van der Waals surface area contributed by atoms with Crippen molar-refractivity contribution < 1.29 is 13.6 Å². The highest BCUT2D eigenvalue weighted by Crippen LogP contribution is 2.15. The molecular weight excluding hydrogens is 242 g/mol. The SMILES string of the molecule is O=C(SCCCC(F)CCF)c1ccccc1. The predicted molar refractivity (Wildman–Crippen MR) is 68.0 cm³/mol. The van der Waals surface area contributed by atoms with Gasteiger partial charge in [0.25, 0.3) is 0 Å². The molecule has 1 nitrogen and oxygen atoms in total. The number of hydrogen-bond donors (Lipinski definition) is 0. The fraction of sp³-hybridized carbons (Fsp3) is 0.462. The maximum atomic E-state index is 12.9. The van der Waals surface area contributed by atoms with E-state index in [1.165, 1.54) is 11.8 Å². The Morgan fingerprint density at radius 1 is 1.24 bits per heavy atom. The van der Waals surface area contributed by atoms with E-state index in [0.717, 1.165) is 0 Å². The van der Waals surface area contributed by atoms with Crippen molar-refractivity contribution in [3.63, 3.8) is 0 Å². The minimum absolute atomic E-state index is 0.00602. The molecular formula is C13H16F2OS. The van der Waals surface area contributed by atoms with Crippen LogP contribution in [0.15, 0.2) is 30.3 Å². The van der Waals surface area contributed by atoms with E-state index in [9.17, 15) is 13.6 Å². The quantitative estimate of drug-likeness (QED) is 0.687. The second-order valence-corrected chi connectivity index (χ2v) is 4.79. The molecule has 0 saturated heterocycles. The number of alkyl halides is 2. The van der Waals surface area contributed by atoms with Gasteiger partial charge in [0.15, 0.2) is 0 Å². The van der Waals surface area contributed by atoms with Crippen molar-refractivity contribution in [3.8, 4) is 0 Å². The first-order valence-electron chi connectivity index (χ1n) is 5.66. The van der Waals surface area contributed by atoms with Gasteiger partial charge in [-0.15, -0.1) is 0 Å². The highest BCUT2D eigenvalue weighted by atomic mass is 32.2. The normalized spacial score (nSPS) is 12.4. The van der Waals surface area contributed by atoms with Crippen molar-refractivity contribution in [2.45, 2.75) is 25.4 Å². The highest BCUT2D eigenvalue weighted by molar-refractivity contribution is 8.14. The van der Waals surface area contributed by atoms with Crippen LogP contribution in [0.3, 0.4) is 0 Å². The Labute approximate surface area is 105 Å². The zero-order chi connectivity index (χ0) is 12.5. The lowest BCUT2D eigenvalue weighted by atomic mass is 10.2. The van der Waals surface area contributed by atoms with E-state index in [0.29, 0.717) is 24.2 Å². The van der Waals surface area contributed by atoms with Crippen LogP contribution in [-0.2, 0) is 0 Å². The Bertz CT molecular complexity index is 329. The van der Waals surface area contributed by atoms with Gasteiger partial charge in [-0.1, -0.05) is 42.1 Å². The molecule has 1 atom stereocenters. The van der Waals surface area contributed by atoms with Gasteiger partial charge in [-0.3, -0.25) is 9.18 Å². The molecule has 1 aromatic rings. The molecule has 0 aliphatic heterocycles. The number of halogens is 2. The van der Waals surface area contributed by atoms with E-state index >= 15 is 0 Å². The maximum absolute atomic E-state index is 12.9. The molecule has 17 heavy (non-hydrogen) atoms. The minimum atomic E-state index is -1.08. The topological polar surface area (TPSA) is 17.1 Å². The first-order valence-corrected chi connectivity index (χ1v) is 6.65. The molecule has 0 fully saturated rings. The zero-order valence-corrected chi connectivity index (χ0v) is 10.4. The van der Waals surface area contributed by atoms with Crippen LogP contribution in [0.5, 0.6) is 0 Å². The Morgan fingerprint density at radius 3 is 2.59 bits per heavy atom. The van der Waals surface area contributed by atoms with E-state index in [4.69, 9.17) is 0 Å². The van der Waals surface area contributed by atoms with Crippen LogP contribution in [0.1, 0.15) is 29.6 Å². The molecule has 0 aromatic heterocycles. The van der Waals surface area contributed by atoms with Crippen molar-refractivity contribution in [3.05, 3.63) is 35.9 Å². The van der Waals surface area contributed by atoms with Gasteiger partial charge in [0.2, 0.25) is 5.12 Å². The molecule has 0 heterocycles. The van der Waals surface area contributed by atoms with Crippen molar-refractivity contribution in [1.82, 2.24) is 0 Å². The average Bonchev–Trinajstić information content (AvgIpc) is 2.36. The molecule has 0 aliphatic carbocycles. The molecule has 0 N–H and O–H groups in total. The maximum Gasteiger partial charge on any atom is 0.219 e. The number of rotatable bonds is 7. The summed E-state index contributed by atoms with van der Waals surface area (Å²) in [6, 6.07) is 9.00. The summed E-state index contributed by atoms with van der Waals surface area (Å²) in [4.78, 5) is 11.6. The standard InChI is InChI=1S/C13H16F2OS/c14-9-8-12(15)7-4-10-17-13(16)11-5-2-1-3-6-11/h1-3,5-6,12H,4,7-10H2. The average molecular weight is 258 g/mol. The van der Waals surface area contributed by atoms with Gasteiger partial charge in [0.05, 0.1) is 6.67 Å². The molecule has 0 radical (unpaired) electrons. The van der Waals surface area contributed by atoms with E-state index < -0.39 is 12.8 Å². The van der Waals surface area contributed by atoms with Crippen molar-refractivity contribution >= 4 is 16.9 Å². The molecule has 1 rings (SSSR count). The van der Waals surface area contributed by atoms with Gasteiger partial charge in [0.1, 0.15) is 6.17 Å². The van der Waals surface area contributed by atoms with Gasteiger partial charge in [0, 0.05) is 17.7 Å². The van der Waals surface area contributed by atoms with Crippen LogP contribution in [-0.4, -0.2) is 23.7 Å². The third-order valence-corrected chi connectivity index (χ3v) is 3.32. The van der Waals surface area contributed by atoms with Crippen LogP contribution in [0.2, 0.25) is 0 Å². The Kier molecular flexibility index (Phi) is 6.86. The van der Waals surface area contributed by atoms with Gasteiger partial charge < -0.3 is 0 Å². The fourth-order valence-corrected chi connectivity index (χ4v) is 2.19. The summed E-state index contributed by atoms with van der Waals surface area (Å²) in [6.07, 6.45) is -0.173. The van der Waals surface area contributed by atoms with E-state index in [2.05, 4.69) is 0 Å². The largest absolute Gasteiger partial charge is 0.282 e. The van der Waals surface area contributed by atoms with Crippen LogP contribution in [0, 0.1) is 0 Å². The summed E-state index contributed by atoms with van der Waals surface area (Å²) in [7, 11) is 0. The third-order valence-electron chi connectivity index (χ3n) is 2.33. The molecule has 1 aromatic carbocycles. The van der Waals surface area contributed by atoms with Crippen molar-refractivity contribution in [2.24, 2.45) is 0 Å². The summed E-state index contributed by atoms with van der Waals surface area (Å²) in [5, 5.41) is 0.00602. The molecule has 0 saturated carbocycles. The summed E-state index contributed by atoms with van der Waals surface area (Å²) >= 11 is 1.19. The van der Waals surface area contributed by atoms with Crippen molar-refractivity contribution in [1.29, 1.82) is 0 Å². The van der Waals surface area contributed by atoms with E-state index in [1.807, 2.05) is 18.2 Å². The van der Waals surface area contributed by atoms with E-state index in [1.54, 1.807) is 12.1 Å². The first-order chi connectivity index (χ1) is 8.24. The number of benzene rings is 1. The molecule has 0 bridgehead atoms. The molecule has 0 amide bonds. The molecule has 94 valence electrons. The Morgan fingerprint density at radius 2 is 1.94 bits per heavy atom. The zero-order valence-electron chi connectivity index (χ0n) is 9.57. The fourth-order valence-electron chi connectivity index (χ4n) is 1.39. The van der Waals surface area contributed by atoms with Crippen LogP contribution in [0.25, 0.3) is 0 Å². The molecule has 4 heteroatoms. The number of hydrogen-bond acceptors (Lipinski definition) is 2. The highest BCUT2D eigenvalue weighted by Gasteiger charge is 2.08.